The van der Waals surface area contributed by atoms with Gasteiger partial charge in [0.2, 0.25) is 0 Å². The van der Waals surface area contributed by atoms with Gasteiger partial charge in [-0.15, -0.1) is 4.98 Å². The Morgan fingerprint density at radius 1 is 0.455 bits per heavy atom. The molecule has 0 radical (unpaired) electrons. The van der Waals surface area contributed by atoms with Crippen molar-refractivity contribution in [3.8, 4) is 23.4 Å². The molecule has 5 rings (SSSR count). The maximum atomic E-state index is 9.80. The Labute approximate surface area is 192 Å². The molecular weight excluding hydrogens is 426 g/mol. The van der Waals surface area contributed by atoms with Crippen LogP contribution in [0, 0.1) is 0 Å². The third-order valence-electron chi connectivity index (χ3n) is 5.79. The summed E-state index contributed by atoms with van der Waals surface area (Å²) in [6.45, 7) is 0. The minimum absolute atomic E-state index is 0.221. The van der Waals surface area contributed by atoms with Crippen LogP contribution in [0.1, 0.15) is 0 Å². The number of aromatic nitrogens is 3. The van der Waals surface area contributed by atoms with Gasteiger partial charge in [-0.3, -0.25) is 0 Å². The van der Waals surface area contributed by atoms with E-state index < -0.39 is 20.1 Å². The van der Waals surface area contributed by atoms with Crippen LogP contribution in [0.4, 0.5) is 0 Å². The van der Waals surface area contributed by atoms with Gasteiger partial charge in [0.05, 0.1) is 0 Å². The zero-order chi connectivity index (χ0) is 22.7. The highest BCUT2D eigenvalue weighted by Gasteiger charge is 2.41. The van der Waals surface area contributed by atoms with E-state index in [9.17, 15) is 10.2 Å². The van der Waals surface area contributed by atoms with Crippen LogP contribution >= 0.6 is 0 Å². The van der Waals surface area contributed by atoms with Crippen LogP contribution in [0.2, 0.25) is 0 Å². The molecule has 1 aromatic heterocycles. The summed E-state index contributed by atoms with van der Waals surface area (Å²) in [5, 5.41) is 24.5. The number of hydrogen-bond acceptors (Lipinski definition) is 5. The summed E-state index contributed by atoms with van der Waals surface area (Å²) in [4.78, 5) is 11.5. The predicted octanol–water partition coefficient (Wildman–Crippen LogP) is 2.33. The molecule has 33 heavy (non-hydrogen) atoms. The van der Waals surface area contributed by atoms with Gasteiger partial charge in [-0.25, -0.2) is 0 Å². The lowest BCUT2D eigenvalue weighted by Crippen LogP contribution is -2.74. The lowest BCUT2D eigenvalue weighted by molar-refractivity contribution is 0.383. The molecule has 4 aromatic carbocycles. The maximum Gasteiger partial charge on any atom is 0.320 e. The van der Waals surface area contributed by atoms with Gasteiger partial charge in [0.25, 0.3) is 0 Å². The van der Waals surface area contributed by atoms with Crippen molar-refractivity contribution in [3.05, 3.63) is 115 Å². The fourth-order valence-corrected chi connectivity index (χ4v) is 9.23. The summed E-state index contributed by atoms with van der Waals surface area (Å²) in [6, 6.07) is 38.8. The summed E-state index contributed by atoms with van der Waals surface area (Å²) in [5.74, 6) is 0.221. The first-order valence-corrected chi connectivity index (χ1v) is 12.6. The van der Waals surface area contributed by atoms with Crippen molar-refractivity contribution in [2.45, 2.75) is 0 Å². The Balaban J connectivity index is 1.84. The number of hydrogen-bond donors (Lipinski definition) is 2. The van der Waals surface area contributed by atoms with E-state index in [0.717, 1.165) is 5.19 Å². The van der Waals surface area contributed by atoms with Crippen molar-refractivity contribution in [1.82, 2.24) is 15.0 Å². The third-order valence-corrected chi connectivity index (χ3v) is 10.6. The molecule has 0 aliphatic rings. The van der Waals surface area contributed by atoms with Crippen molar-refractivity contribution in [2.75, 3.05) is 0 Å². The third kappa shape index (κ3) is 3.77. The summed E-state index contributed by atoms with van der Waals surface area (Å²) in [6.07, 6.45) is 0. The van der Waals surface area contributed by atoms with Crippen LogP contribution in [0.3, 0.4) is 0 Å². The van der Waals surface area contributed by atoms with Crippen LogP contribution in [0.5, 0.6) is 12.0 Å². The highest BCUT2D eigenvalue weighted by atomic mass is 28.3. The molecular formula is C27H21N3O2Si. The minimum Gasteiger partial charge on any atom is -0.479 e. The Bertz CT molecular complexity index is 1260. The van der Waals surface area contributed by atoms with Gasteiger partial charge in [-0.05, 0) is 20.7 Å². The van der Waals surface area contributed by atoms with Gasteiger partial charge in [-0.2, -0.15) is 9.97 Å². The van der Waals surface area contributed by atoms with Crippen molar-refractivity contribution < 1.29 is 10.2 Å². The molecule has 5 nitrogen and oxygen atoms in total. The Kier molecular flexibility index (Phi) is 5.42. The van der Waals surface area contributed by atoms with Gasteiger partial charge in [0.1, 0.15) is 0 Å². The molecule has 0 saturated heterocycles. The van der Waals surface area contributed by atoms with Crippen molar-refractivity contribution in [1.29, 1.82) is 0 Å². The smallest absolute Gasteiger partial charge is 0.320 e. The summed E-state index contributed by atoms with van der Waals surface area (Å²) >= 11 is 0. The molecule has 0 saturated carbocycles. The number of nitrogens with zero attached hydrogens (tertiary/aromatic N) is 3. The molecule has 0 aliphatic carbocycles. The minimum atomic E-state index is -2.69. The average Bonchev–Trinajstić information content (AvgIpc) is 2.86. The maximum absolute atomic E-state index is 9.80. The number of aromatic hydroxyl groups is 2. The second-order valence-electron chi connectivity index (χ2n) is 7.69. The van der Waals surface area contributed by atoms with E-state index in [1.807, 2.05) is 30.3 Å². The van der Waals surface area contributed by atoms with E-state index in [4.69, 9.17) is 0 Å². The van der Waals surface area contributed by atoms with E-state index in [1.165, 1.54) is 15.6 Å². The lowest BCUT2D eigenvalue weighted by Gasteiger charge is -2.34. The van der Waals surface area contributed by atoms with E-state index in [2.05, 4.69) is 99.9 Å². The fourth-order valence-electron chi connectivity index (χ4n) is 4.44. The number of benzene rings is 4. The van der Waals surface area contributed by atoms with Gasteiger partial charge in [0, 0.05) is 5.56 Å². The topological polar surface area (TPSA) is 79.1 Å². The molecule has 0 bridgehead atoms. The molecule has 5 aromatic rings. The molecule has 1 heterocycles. The zero-order valence-corrected chi connectivity index (χ0v) is 18.7. The second-order valence-corrected chi connectivity index (χ2v) is 11.5. The van der Waals surface area contributed by atoms with Crippen LogP contribution in [0.25, 0.3) is 11.4 Å². The monoisotopic (exact) mass is 447 g/mol. The Hall–Kier alpha value is -4.29. The summed E-state index contributed by atoms with van der Waals surface area (Å²) in [7, 11) is -2.69. The summed E-state index contributed by atoms with van der Waals surface area (Å²) in [5.41, 5.74) is 0.695. The van der Waals surface area contributed by atoms with E-state index in [0.29, 0.717) is 5.56 Å². The molecule has 0 atom stereocenters. The average molecular weight is 448 g/mol. The van der Waals surface area contributed by atoms with Gasteiger partial charge >= 0.3 is 12.0 Å². The van der Waals surface area contributed by atoms with E-state index in [-0.39, 0.29) is 5.82 Å². The van der Waals surface area contributed by atoms with Crippen LogP contribution in [-0.4, -0.2) is 33.2 Å². The molecule has 0 fully saturated rings. The predicted molar refractivity (Wildman–Crippen MR) is 132 cm³/mol. The standard InChI is InChI=1S/C27H21N3O2Si/c31-26-28-25(29-27(32)30-26)20-11-10-18-24(19-20)33(21-12-4-1-5-13-21,22-14-6-2-7-15-22)23-16-8-3-9-17-23/h1-19H,(H2,28,29,30,31,32). The molecule has 0 aliphatic heterocycles. The fraction of sp³-hybridized carbons (Fsp3) is 0. The Morgan fingerprint density at radius 2 is 0.879 bits per heavy atom. The first-order valence-electron chi connectivity index (χ1n) is 10.6. The number of rotatable bonds is 5. The van der Waals surface area contributed by atoms with Crippen LogP contribution in [0.15, 0.2) is 115 Å². The molecule has 0 spiro atoms. The normalized spacial score (nSPS) is 11.3. The molecule has 160 valence electrons. The second kappa shape index (κ2) is 8.68. The lowest BCUT2D eigenvalue weighted by atomic mass is 10.2. The summed E-state index contributed by atoms with van der Waals surface area (Å²) < 4.78 is 0. The van der Waals surface area contributed by atoms with Crippen molar-refractivity contribution >= 4 is 28.8 Å². The zero-order valence-electron chi connectivity index (χ0n) is 17.7. The van der Waals surface area contributed by atoms with Gasteiger partial charge < -0.3 is 10.2 Å². The van der Waals surface area contributed by atoms with E-state index in [1.54, 1.807) is 0 Å². The van der Waals surface area contributed by atoms with E-state index >= 15 is 0 Å². The van der Waals surface area contributed by atoms with Crippen molar-refractivity contribution in [2.24, 2.45) is 0 Å². The van der Waals surface area contributed by atoms with Crippen LogP contribution in [-0.2, 0) is 0 Å². The SMILES string of the molecule is Oc1nc(O)nc(-c2cccc([Si](c3ccccc3)(c3ccccc3)c3ccccc3)c2)n1. The first kappa shape index (κ1) is 20.6. The van der Waals surface area contributed by atoms with Crippen molar-refractivity contribution in [3.63, 3.8) is 0 Å². The Morgan fingerprint density at radius 3 is 1.33 bits per heavy atom. The van der Waals surface area contributed by atoms with Crippen LogP contribution < -0.4 is 20.7 Å². The van der Waals surface area contributed by atoms with Gasteiger partial charge in [0.15, 0.2) is 13.9 Å². The highest BCUT2D eigenvalue weighted by molar-refractivity contribution is 7.19. The largest absolute Gasteiger partial charge is 0.479 e. The molecule has 6 heteroatoms. The molecule has 0 unspecified atom stereocenters. The first-order chi connectivity index (χ1) is 16.2. The van der Waals surface area contributed by atoms with Gasteiger partial charge in [-0.1, -0.05) is 115 Å². The molecule has 0 amide bonds. The highest BCUT2D eigenvalue weighted by Crippen LogP contribution is 2.19. The quantitative estimate of drug-likeness (QED) is 0.319. The molecule has 2 N–H and O–H groups in total.